The molecule has 150 valence electrons. The van der Waals surface area contributed by atoms with Gasteiger partial charge in [-0.2, -0.15) is 5.10 Å². The molecule has 8 heteroatoms. The third kappa shape index (κ3) is 5.46. The van der Waals surface area contributed by atoms with Crippen molar-refractivity contribution in [3.05, 3.63) is 76.4 Å². The van der Waals surface area contributed by atoms with Crippen molar-refractivity contribution in [2.24, 2.45) is 7.05 Å². The Morgan fingerprint density at radius 2 is 2.00 bits per heavy atom. The Labute approximate surface area is 169 Å². The second-order valence-corrected chi connectivity index (χ2v) is 8.52. The van der Waals surface area contributed by atoms with Gasteiger partial charge in [0.05, 0.1) is 18.0 Å². The van der Waals surface area contributed by atoms with E-state index in [-0.39, 0.29) is 12.0 Å². The lowest BCUT2D eigenvalue weighted by Crippen LogP contribution is -2.23. The van der Waals surface area contributed by atoms with Crippen molar-refractivity contribution in [2.45, 2.75) is 6.92 Å². The lowest BCUT2D eigenvalue weighted by atomic mass is 10.1. The summed E-state index contributed by atoms with van der Waals surface area (Å²) < 4.78 is 26.7. The van der Waals surface area contributed by atoms with Gasteiger partial charge in [-0.25, -0.2) is 13.1 Å². The van der Waals surface area contributed by atoms with Gasteiger partial charge < -0.3 is 0 Å². The zero-order valence-electron chi connectivity index (χ0n) is 16.5. The lowest BCUT2D eigenvalue weighted by molar-refractivity contribution is 0.591. The molecule has 1 N–H and O–H groups in total. The van der Waals surface area contributed by atoms with E-state index in [4.69, 9.17) is 0 Å². The molecule has 0 aliphatic carbocycles. The third-order valence-electron chi connectivity index (χ3n) is 4.35. The van der Waals surface area contributed by atoms with E-state index in [1.165, 1.54) is 0 Å². The molecular formula is C21H22N4O3S. The van der Waals surface area contributed by atoms with Crippen LogP contribution in [0, 0.1) is 0 Å². The van der Waals surface area contributed by atoms with Crippen LogP contribution in [0.15, 0.2) is 65.4 Å². The SMILES string of the molecule is C/C=C(\C=C/c1ccc2ncc(-c3cnn(C)c3)cc2c(=O)c1)CNS(C)(=O)=O. The molecule has 0 radical (unpaired) electrons. The highest BCUT2D eigenvalue weighted by molar-refractivity contribution is 7.88. The average Bonchev–Trinajstić information content (AvgIpc) is 3.04. The van der Waals surface area contributed by atoms with Crippen LogP contribution in [-0.2, 0) is 17.1 Å². The molecule has 2 aromatic heterocycles. The number of aryl methyl sites for hydroxylation is 1. The minimum Gasteiger partial charge on any atom is -0.289 e. The summed E-state index contributed by atoms with van der Waals surface area (Å²) in [5, 5.41) is 4.68. The maximum absolute atomic E-state index is 12.8. The number of pyridine rings is 1. The number of hydrogen-bond acceptors (Lipinski definition) is 5. The van der Waals surface area contributed by atoms with Gasteiger partial charge in [0.2, 0.25) is 10.0 Å². The second kappa shape index (κ2) is 8.50. The minimum absolute atomic E-state index is 0.140. The second-order valence-electron chi connectivity index (χ2n) is 6.69. The number of aromatic nitrogens is 3. The number of allylic oxidation sites excluding steroid dienone is 1. The first-order chi connectivity index (χ1) is 13.7. The third-order valence-corrected chi connectivity index (χ3v) is 5.02. The van der Waals surface area contributed by atoms with Crippen molar-refractivity contribution in [1.82, 2.24) is 19.5 Å². The molecule has 0 atom stereocenters. The minimum atomic E-state index is -3.27. The fourth-order valence-corrected chi connectivity index (χ4v) is 3.19. The van der Waals surface area contributed by atoms with Crippen molar-refractivity contribution in [2.75, 3.05) is 12.8 Å². The largest absolute Gasteiger partial charge is 0.289 e. The van der Waals surface area contributed by atoms with Gasteiger partial charge in [-0.15, -0.1) is 0 Å². The number of rotatable bonds is 6. The van der Waals surface area contributed by atoms with Crippen LogP contribution in [0.1, 0.15) is 12.5 Å². The summed E-state index contributed by atoms with van der Waals surface area (Å²) in [6, 6.07) is 6.98. The molecule has 0 saturated heterocycles. The maximum Gasteiger partial charge on any atom is 0.209 e. The Bertz CT molecular complexity index is 1270. The van der Waals surface area contributed by atoms with Crippen molar-refractivity contribution >= 4 is 27.0 Å². The van der Waals surface area contributed by atoms with Gasteiger partial charge in [-0.05, 0) is 36.3 Å². The molecule has 0 saturated carbocycles. The molecule has 0 amide bonds. The summed E-state index contributed by atoms with van der Waals surface area (Å²) in [5.41, 5.74) is 3.68. The van der Waals surface area contributed by atoms with Crippen LogP contribution in [0.4, 0.5) is 0 Å². The predicted molar refractivity (Wildman–Crippen MR) is 116 cm³/mol. The van der Waals surface area contributed by atoms with E-state index in [1.54, 1.807) is 41.4 Å². The van der Waals surface area contributed by atoms with Crippen LogP contribution in [-0.4, -0.2) is 36.0 Å². The van der Waals surface area contributed by atoms with Crippen molar-refractivity contribution in [1.29, 1.82) is 0 Å². The summed E-state index contributed by atoms with van der Waals surface area (Å²) in [4.78, 5) is 17.2. The van der Waals surface area contributed by atoms with E-state index in [0.29, 0.717) is 16.5 Å². The quantitative estimate of drug-likeness (QED) is 0.630. The first-order valence-electron chi connectivity index (χ1n) is 8.96. The van der Waals surface area contributed by atoms with Gasteiger partial charge in [0.1, 0.15) is 0 Å². The first-order valence-corrected chi connectivity index (χ1v) is 10.9. The van der Waals surface area contributed by atoms with Crippen LogP contribution in [0.2, 0.25) is 0 Å². The van der Waals surface area contributed by atoms with E-state index in [2.05, 4.69) is 14.8 Å². The Balaban J connectivity index is 1.93. The van der Waals surface area contributed by atoms with Crippen LogP contribution < -0.4 is 10.2 Å². The summed E-state index contributed by atoms with van der Waals surface area (Å²) in [7, 11) is -1.44. The van der Waals surface area contributed by atoms with Crippen LogP contribution in [0.5, 0.6) is 0 Å². The van der Waals surface area contributed by atoms with E-state index in [0.717, 1.165) is 23.0 Å². The number of fused-ring (bicyclic) bond motifs is 1. The average molecular weight is 410 g/mol. The molecule has 0 aliphatic rings. The monoisotopic (exact) mass is 410 g/mol. The number of hydrogen-bond donors (Lipinski definition) is 1. The summed E-state index contributed by atoms with van der Waals surface area (Å²) in [5.74, 6) is 0. The molecule has 0 bridgehead atoms. The van der Waals surface area contributed by atoms with Crippen molar-refractivity contribution in [3.63, 3.8) is 0 Å². The van der Waals surface area contributed by atoms with Crippen LogP contribution >= 0.6 is 0 Å². The summed E-state index contributed by atoms with van der Waals surface area (Å²) >= 11 is 0. The van der Waals surface area contributed by atoms with E-state index in [1.807, 2.05) is 38.4 Å². The fraction of sp³-hybridized carbons (Fsp3) is 0.190. The Morgan fingerprint density at radius 1 is 1.21 bits per heavy atom. The number of sulfonamides is 1. The fourth-order valence-electron chi connectivity index (χ4n) is 2.76. The topological polar surface area (TPSA) is 93.9 Å². The molecule has 0 unspecified atom stereocenters. The van der Waals surface area contributed by atoms with E-state index in [9.17, 15) is 13.2 Å². The molecule has 1 aromatic carbocycles. The summed E-state index contributed by atoms with van der Waals surface area (Å²) in [6.45, 7) is 2.01. The van der Waals surface area contributed by atoms with Gasteiger partial charge in [0.15, 0.2) is 5.43 Å². The highest BCUT2D eigenvalue weighted by Gasteiger charge is 2.05. The standard InChI is InChI=1S/C21H22N4O3S/c1-4-15(11-24-29(3,27)28)5-6-16-7-8-20-19(21(26)9-16)10-17(12-22-20)18-13-23-25(2)14-18/h4-10,12-14,24H,11H2,1-3H3/b6-5-,15-4+. The molecule has 29 heavy (non-hydrogen) atoms. The predicted octanol–water partition coefficient (Wildman–Crippen LogP) is 2.50. The molecule has 3 rings (SSSR count). The molecular weight excluding hydrogens is 388 g/mol. The molecule has 0 spiro atoms. The van der Waals surface area contributed by atoms with Crippen LogP contribution in [0.25, 0.3) is 28.1 Å². The van der Waals surface area contributed by atoms with Crippen molar-refractivity contribution < 1.29 is 8.42 Å². The normalized spacial score (nSPS) is 12.7. The number of nitrogens with one attached hydrogen (secondary N) is 1. The van der Waals surface area contributed by atoms with Gasteiger partial charge in [-0.3, -0.25) is 14.5 Å². The molecule has 7 nitrogen and oxygen atoms in total. The Kier molecular flexibility index (Phi) is 6.05. The van der Waals surface area contributed by atoms with Crippen molar-refractivity contribution in [3.8, 4) is 11.1 Å². The highest BCUT2D eigenvalue weighted by atomic mass is 32.2. The zero-order chi connectivity index (χ0) is 21.0. The molecule has 0 fully saturated rings. The smallest absolute Gasteiger partial charge is 0.209 e. The molecule has 2 heterocycles. The van der Waals surface area contributed by atoms with Crippen LogP contribution in [0.3, 0.4) is 0 Å². The van der Waals surface area contributed by atoms with Gasteiger partial charge in [-0.1, -0.05) is 24.3 Å². The zero-order valence-corrected chi connectivity index (χ0v) is 17.3. The van der Waals surface area contributed by atoms with Gasteiger partial charge in [0, 0.05) is 42.5 Å². The first kappa shape index (κ1) is 20.6. The molecule has 0 aliphatic heterocycles. The summed E-state index contributed by atoms with van der Waals surface area (Å²) in [6.07, 6.45) is 11.8. The lowest BCUT2D eigenvalue weighted by Gasteiger charge is -2.02. The van der Waals surface area contributed by atoms with E-state index >= 15 is 0 Å². The highest BCUT2D eigenvalue weighted by Crippen LogP contribution is 2.20. The van der Waals surface area contributed by atoms with Gasteiger partial charge >= 0.3 is 0 Å². The van der Waals surface area contributed by atoms with E-state index < -0.39 is 10.0 Å². The Morgan fingerprint density at radius 3 is 2.66 bits per heavy atom. The number of nitrogens with zero attached hydrogens (tertiary/aromatic N) is 3. The van der Waals surface area contributed by atoms with Gasteiger partial charge in [0.25, 0.3) is 0 Å². The molecule has 3 aromatic rings. The Hall–Kier alpha value is -3.10. The maximum atomic E-state index is 12.8.